The molecule has 1 heterocycles. The summed E-state index contributed by atoms with van der Waals surface area (Å²) in [6.45, 7) is 15.1. The Balaban J connectivity index is 2.25. The van der Waals surface area contributed by atoms with Gasteiger partial charge in [-0.2, -0.15) is 0 Å². The molecule has 4 nitrogen and oxygen atoms in total. The molecule has 0 saturated heterocycles. The smallest absolute Gasteiger partial charge is 0.129 e. The number of nitrogens with one attached hydrogen (secondary N) is 1. The molecule has 1 N–H and O–H groups in total. The highest BCUT2D eigenvalue weighted by Gasteiger charge is 2.12. The summed E-state index contributed by atoms with van der Waals surface area (Å²) in [5.74, 6) is 0.901. The van der Waals surface area contributed by atoms with E-state index in [-0.39, 0.29) is 0 Å². The van der Waals surface area contributed by atoms with Crippen molar-refractivity contribution in [1.82, 2.24) is 10.2 Å². The summed E-state index contributed by atoms with van der Waals surface area (Å²) in [7, 11) is 0. The van der Waals surface area contributed by atoms with E-state index in [1.165, 1.54) is 5.56 Å². The first-order chi connectivity index (χ1) is 9.54. The summed E-state index contributed by atoms with van der Waals surface area (Å²) in [5.41, 5.74) is 1.18. The van der Waals surface area contributed by atoms with E-state index >= 15 is 0 Å². The molecule has 0 saturated carbocycles. The maximum Gasteiger partial charge on any atom is 0.129 e. The largest absolute Gasteiger partial charge is 0.467 e. The maximum absolute atomic E-state index is 5.71. The summed E-state index contributed by atoms with van der Waals surface area (Å²) >= 11 is 0. The van der Waals surface area contributed by atoms with Crippen molar-refractivity contribution < 1.29 is 9.15 Å². The van der Waals surface area contributed by atoms with Crippen LogP contribution in [0.2, 0.25) is 0 Å². The van der Waals surface area contributed by atoms with Crippen molar-refractivity contribution in [2.75, 3.05) is 19.7 Å². The van der Waals surface area contributed by atoms with E-state index in [1.54, 1.807) is 6.26 Å². The van der Waals surface area contributed by atoms with Gasteiger partial charge in [0.05, 0.1) is 12.9 Å². The minimum Gasteiger partial charge on any atom is -0.467 e. The Kier molecular flexibility index (Phi) is 7.88. The van der Waals surface area contributed by atoms with E-state index in [4.69, 9.17) is 9.15 Å². The predicted molar refractivity (Wildman–Crippen MR) is 82.7 cm³/mol. The number of rotatable bonds is 10. The molecule has 0 fully saturated rings. The van der Waals surface area contributed by atoms with Crippen LogP contribution in [-0.2, 0) is 17.9 Å². The summed E-state index contributed by atoms with van der Waals surface area (Å²) in [6.07, 6.45) is 1.80. The van der Waals surface area contributed by atoms with E-state index in [0.717, 1.165) is 32.0 Å². The number of hydrogen-bond acceptors (Lipinski definition) is 4. The standard InChI is InChI=1S/C16H30N2O2/c1-6-17-10-15-9-16(20-11-15)12-19-8-7-18(13(2)3)14(4)5/h9,11,13-14,17H,6-8,10,12H2,1-5H3. The fraction of sp³-hybridized carbons (Fsp3) is 0.750. The van der Waals surface area contributed by atoms with E-state index in [1.807, 2.05) is 0 Å². The lowest BCUT2D eigenvalue weighted by atomic mass is 10.2. The van der Waals surface area contributed by atoms with Crippen molar-refractivity contribution in [1.29, 1.82) is 0 Å². The van der Waals surface area contributed by atoms with Crippen LogP contribution in [0.4, 0.5) is 0 Å². The molecule has 0 amide bonds. The van der Waals surface area contributed by atoms with Crippen molar-refractivity contribution in [3.05, 3.63) is 23.7 Å². The second kappa shape index (κ2) is 9.16. The third-order valence-corrected chi connectivity index (χ3v) is 3.35. The monoisotopic (exact) mass is 282 g/mol. The highest BCUT2D eigenvalue weighted by molar-refractivity contribution is 5.11. The van der Waals surface area contributed by atoms with Crippen LogP contribution in [0.1, 0.15) is 45.9 Å². The van der Waals surface area contributed by atoms with Gasteiger partial charge in [0.1, 0.15) is 12.4 Å². The molecule has 0 atom stereocenters. The van der Waals surface area contributed by atoms with Gasteiger partial charge in [0.2, 0.25) is 0 Å². The van der Waals surface area contributed by atoms with Gasteiger partial charge in [0, 0.05) is 30.7 Å². The summed E-state index contributed by atoms with van der Waals surface area (Å²) < 4.78 is 11.2. The Morgan fingerprint density at radius 1 is 1.25 bits per heavy atom. The zero-order valence-corrected chi connectivity index (χ0v) is 13.6. The van der Waals surface area contributed by atoms with Gasteiger partial charge in [-0.1, -0.05) is 6.92 Å². The van der Waals surface area contributed by atoms with Crippen molar-refractivity contribution in [3.63, 3.8) is 0 Å². The molecule has 20 heavy (non-hydrogen) atoms. The zero-order valence-electron chi connectivity index (χ0n) is 13.6. The third kappa shape index (κ3) is 6.07. The summed E-state index contributed by atoms with van der Waals surface area (Å²) in [4.78, 5) is 2.43. The molecule has 1 rings (SSSR count). The van der Waals surface area contributed by atoms with Crippen molar-refractivity contribution in [2.45, 2.75) is 59.9 Å². The van der Waals surface area contributed by atoms with Gasteiger partial charge in [0.25, 0.3) is 0 Å². The van der Waals surface area contributed by atoms with Gasteiger partial charge in [-0.25, -0.2) is 0 Å². The Hall–Kier alpha value is -0.840. The molecule has 116 valence electrons. The zero-order chi connectivity index (χ0) is 15.0. The lowest BCUT2D eigenvalue weighted by Gasteiger charge is -2.30. The fourth-order valence-electron chi connectivity index (χ4n) is 2.32. The van der Waals surface area contributed by atoms with E-state index in [9.17, 15) is 0 Å². The van der Waals surface area contributed by atoms with Gasteiger partial charge in [0.15, 0.2) is 0 Å². The fourth-order valence-corrected chi connectivity index (χ4v) is 2.32. The highest BCUT2D eigenvalue weighted by atomic mass is 16.5. The number of nitrogens with zero attached hydrogens (tertiary/aromatic N) is 1. The molecule has 0 spiro atoms. The molecule has 0 aliphatic rings. The quantitative estimate of drug-likeness (QED) is 0.669. The summed E-state index contributed by atoms with van der Waals surface area (Å²) in [5, 5.41) is 3.28. The summed E-state index contributed by atoms with van der Waals surface area (Å²) in [6, 6.07) is 3.16. The predicted octanol–water partition coefficient (Wildman–Crippen LogP) is 3.02. The first-order valence-electron chi connectivity index (χ1n) is 7.65. The molecule has 0 aliphatic carbocycles. The van der Waals surface area contributed by atoms with Crippen LogP contribution in [0.5, 0.6) is 0 Å². The highest BCUT2D eigenvalue weighted by Crippen LogP contribution is 2.09. The second-order valence-electron chi connectivity index (χ2n) is 5.68. The Morgan fingerprint density at radius 2 is 1.95 bits per heavy atom. The van der Waals surface area contributed by atoms with Crippen LogP contribution in [0.25, 0.3) is 0 Å². The normalized spacial score (nSPS) is 12.0. The van der Waals surface area contributed by atoms with Crippen LogP contribution < -0.4 is 5.32 Å². The van der Waals surface area contributed by atoms with Gasteiger partial charge in [-0.15, -0.1) is 0 Å². The van der Waals surface area contributed by atoms with Crippen LogP contribution >= 0.6 is 0 Å². The van der Waals surface area contributed by atoms with Gasteiger partial charge >= 0.3 is 0 Å². The molecule has 0 unspecified atom stereocenters. The molecule has 4 heteroatoms. The molecule has 0 aliphatic heterocycles. The van der Waals surface area contributed by atoms with Crippen molar-refractivity contribution >= 4 is 0 Å². The van der Waals surface area contributed by atoms with Crippen LogP contribution in [0.3, 0.4) is 0 Å². The molecular formula is C16H30N2O2. The van der Waals surface area contributed by atoms with E-state index in [0.29, 0.717) is 18.7 Å². The van der Waals surface area contributed by atoms with Crippen LogP contribution in [0, 0.1) is 0 Å². The van der Waals surface area contributed by atoms with E-state index in [2.05, 4.69) is 50.9 Å². The van der Waals surface area contributed by atoms with Gasteiger partial charge in [-0.3, -0.25) is 4.90 Å². The molecule has 1 aromatic heterocycles. The van der Waals surface area contributed by atoms with Crippen molar-refractivity contribution in [2.24, 2.45) is 0 Å². The van der Waals surface area contributed by atoms with Gasteiger partial charge in [-0.05, 0) is 40.3 Å². The first-order valence-corrected chi connectivity index (χ1v) is 7.65. The lowest BCUT2D eigenvalue weighted by Crippen LogP contribution is -2.39. The van der Waals surface area contributed by atoms with Gasteiger partial charge < -0.3 is 14.5 Å². The van der Waals surface area contributed by atoms with Crippen molar-refractivity contribution in [3.8, 4) is 0 Å². The number of ether oxygens (including phenoxy) is 1. The van der Waals surface area contributed by atoms with E-state index < -0.39 is 0 Å². The molecule has 0 bridgehead atoms. The second-order valence-corrected chi connectivity index (χ2v) is 5.68. The Labute approximate surface area is 123 Å². The average Bonchev–Trinajstić information content (AvgIpc) is 2.83. The molecule has 1 aromatic rings. The third-order valence-electron chi connectivity index (χ3n) is 3.35. The SMILES string of the molecule is CCNCc1coc(COCCN(C(C)C)C(C)C)c1. The maximum atomic E-state index is 5.71. The minimum atomic E-state index is 0.550. The Morgan fingerprint density at radius 3 is 2.55 bits per heavy atom. The lowest BCUT2D eigenvalue weighted by molar-refractivity contribution is 0.0621. The number of hydrogen-bond donors (Lipinski definition) is 1. The number of furan rings is 1. The molecule has 0 radical (unpaired) electrons. The Bertz CT molecular complexity index is 353. The average molecular weight is 282 g/mol. The molecular weight excluding hydrogens is 252 g/mol. The van der Waals surface area contributed by atoms with Crippen LogP contribution in [-0.4, -0.2) is 36.7 Å². The van der Waals surface area contributed by atoms with Crippen LogP contribution in [0.15, 0.2) is 16.7 Å². The minimum absolute atomic E-state index is 0.550. The topological polar surface area (TPSA) is 37.6 Å². The first kappa shape index (κ1) is 17.2. The molecule has 0 aromatic carbocycles.